The Hall–Kier alpha value is -6.68. The Balaban J connectivity index is 1.17. The Labute approximate surface area is 327 Å². The molecule has 292 valence electrons. The molecule has 1 N–H and O–H groups in total. The number of carbonyl (C=O) groups excluding carboxylic acids is 1. The molecule has 1 aliphatic heterocycles. The summed E-state index contributed by atoms with van der Waals surface area (Å²) in [5.41, 5.74) is 1.20. The van der Waals surface area contributed by atoms with Crippen molar-refractivity contribution in [1.29, 1.82) is 0 Å². The van der Waals surface area contributed by atoms with Crippen molar-refractivity contribution in [1.82, 2.24) is 19.1 Å². The minimum atomic E-state index is -1.16. The average Bonchev–Trinajstić information content (AvgIpc) is 3.81. The average molecular weight is 773 g/mol. The number of nitrogens with zero attached hydrogens (tertiary/aromatic N) is 6. The lowest BCUT2D eigenvalue weighted by Crippen LogP contribution is -2.38. The van der Waals surface area contributed by atoms with Crippen molar-refractivity contribution in [2.24, 2.45) is 7.05 Å². The summed E-state index contributed by atoms with van der Waals surface area (Å²) in [5, 5.41) is 22.8. The number of amides is 1. The van der Waals surface area contributed by atoms with Crippen molar-refractivity contribution in [2.75, 3.05) is 25.7 Å². The van der Waals surface area contributed by atoms with Gasteiger partial charge >= 0.3 is 11.6 Å². The number of benzene rings is 4. The summed E-state index contributed by atoms with van der Waals surface area (Å²) in [4.78, 5) is 47.7. The molecule has 7 rings (SSSR count). The second kappa shape index (κ2) is 16.6. The van der Waals surface area contributed by atoms with Crippen molar-refractivity contribution in [3.05, 3.63) is 176 Å². The van der Waals surface area contributed by atoms with E-state index in [0.29, 0.717) is 22.8 Å². The topological polar surface area (TPSA) is 173 Å². The molecular weight excluding hydrogens is 732 g/mol. The van der Waals surface area contributed by atoms with Crippen LogP contribution in [0.1, 0.15) is 45.4 Å². The van der Waals surface area contributed by atoms with E-state index in [0.717, 1.165) is 16.7 Å². The smallest absolute Gasteiger partial charge is 0.434 e. The number of nitro groups is 1. The first-order chi connectivity index (χ1) is 27.6. The van der Waals surface area contributed by atoms with Crippen LogP contribution in [0.4, 0.5) is 11.8 Å². The summed E-state index contributed by atoms with van der Waals surface area (Å²) in [6.07, 6.45) is 0.0379. The molecule has 1 fully saturated rings. The highest BCUT2D eigenvalue weighted by atomic mass is 16.6. The highest BCUT2D eigenvalue weighted by molar-refractivity contribution is 6.05. The van der Waals surface area contributed by atoms with E-state index < -0.39 is 46.5 Å². The highest BCUT2D eigenvalue weighted by Crippen LogP contribution is 2.42. The Kier molecular flexibility index (Phi) is 11.2. The van der Waals surface area contributed by atoms with Crippen molar-refractivity contribution in [3.8, 4) is 11.5 Å². The SMILES string of the molecule is COc1ccc(C(OC[C@H]2O[C@@H](n3ccc(N(Cc4cnc([N+](=O)[O-])n4C)C(=O)c4ccccc4)nc3=O)C[C@@H]2O)(c2ccccc2)c2ccc(OC)cc2)cc1. The van der Waals surface area contributed by atoms with Gasteiger partial charge in [0.05, 0.1) is 40.5 Å². The Morgan fingerprint density at radius 3 is 2.04 bits per heavy atom. The first-order valence-corrected chi connectivity index (χ1v) is 18.1. The molecule has 4 aromatic carbocycles. The zero-order valence-electron chi connectivity index (χ0n) is 31.4. The van der Waals surface area contributed by atoms with E-state index in [1.54, 1.807) is 44.6 Å². The van der Waals surface area contributed by atoms with Crippen LogP contribution in [0.3, 0.4) is 0 Å². The number of carbonyl (C=O) groups is 1. The van der Waals surface area contributed by atoms with Crippen LogP contribution in [0, 0.1) is 10.1 Å². The van der Waals surface area contributed by atoms with Gasteiger partial charge in [0.2, 0.25) is 0 Å². The molecule has 15 heteroatoms. The number of hydrogen-bond acceptors (Lipinski definition) is 11. The Bertz CT molecular complexity index is 2340. The number of rotatable bonds is 14. The fraction of sp³-hybridized carbons (Fsp3) is 0.238. The van der Waals surface area contributed by atoms with Gasteiger partial charge in [0.25, 0.3) is 5.91 Å². The van der Waals surface area contributed by atoms with Crippen LogP contribution in [0.2, 0.25) is 0 Å². The van der Waals surface area contributed by atoms with E-state index in [1.807, 2.05) is 78.9 Å². The fourth-order valence-corrected chi connectivity index (χ4v) is 7.00. The van der Waals surface area contributed by atoms with Gasteiger partial charge in [0.15, 0.2) is 0 Å². The number of aromatic nitrogens is 4. The summed E-state index contributed by atoms with van der Waals surface area (Å²) < 4.78 is 26.7. The van der Waals surface area contributed by atoms with E-state index >= 15 is 0 Å². The molecule has 1 saturated heterocycles. The van der Waals surface area contributed by atoms with E-state index in [2.05, 4.69) is 9.97 Å². The van der Waals surface area contributed by atoms with Crippen LogP contribution >= 0.6 is 0 Å². The zero-order chi connectivity index (χ0) is 40.1. The van der Waals surface area contributed by atoms with Crippen molar-refractivity contribution in [2.45, 2.75) is 37.0 Å². The van der Waals surface area contributed by atoms with Crippen LogP contribution in [-0.4, -0.2) is 68.1 Å². The molecule has 0 radical (unpaired) electrons. The monoisotopic (exact) mass is 772 g/mol. The lowest BCUT2D eigenvalue weighted by Gasteiger charge is -2.37. The van der Waals surface area contributed by atoms with Gasteiger partial charge in [-0.1, -0.05) is 77.8 Å². The van der Waals surface area contributed by atoms with E-state index in [4.69, 9.17) is 18.9 Å². The van der Waals surface area contributed by atoms with Crippen LogP contribution in [0.25, 0.3) is 0 Å². The molecule has 15 nitrogen and oxygen atoms in total. The third-order valence-electron chi connectivity index (χ3n) is 10.1. The first kappa shape index (κ1) is 38.6. The predicted octanol–water partition coefficient (Wildman–Crippen LogP) is 5.41. The van der Waals surface area contributed by atoms with Gasteiger partial charge in [0.1, 0.15) is 47.1 Å². The van der Waals surface area contributed by atoms with Gasteiger partial charge in [-0.15, -0.1) is 0 Å². The van der Waals surface area contributed by atoms with Crippen LogP contribution in [0.15, 0.2) is 132 Å². The summed E-state index contributed by atoms with van der Waals surface area (Å²) >= 11 is 0. The number of imidazole rings is 1. The van der Waals surface area contributed by atoms with Crippen LogP contribution < -0.4 is 20.1 Å². The number of aliphatic hydroxyl groups is 1. The number of ether oxygens (including phenoxy) is 4. The number of anilines is 1. The molecule has 0 saturated carbocycles. The molecule has 1 amide bonds. The molecular formula is C42H40N6O9. The number of hydrogen-bond donors (Lipinski definition) is 1. The molecule has 0 spiro atoms. The van der Waals surface area contributed by atoms with Gasteiger partial charge in [-0.2, -0.15) is 4.98 Å². The largest absolute Gasteiger partial charge is 0.497 e. The Morgan fingerprint density at radius 1 is 0.912 bits per heavy atom. The molecule has 0 aliphatic carbocycles. The van der Waals surface area contributed by atoms with Crippen LogP contribution in [0.5, 0.6) is 11.5 Å². The highest BCUT2D eigenvalue weighted by Gasteiger charge is 2.42. The third-order valence-corrected chi connectivity index (χ3v) is 10.1. The van der Waals surface area contributed by atoms with Crippen LogP contribution in [-0.2, 0) is 28.7 Å². The number of methoxy groups -OCH3 is 2. The molecule has 3 atom stereocenters. The lowest BCUT2D eigenvalue weighted by molar-refractivity contribution is -0.396. The minimum absolute atomic E-state index is 0.0130. The normalized spacial score (nSPS) is 16.6. The maximum absolute atomic E-state index is 13.8. The van der Waals surface area contributed by atoms with Gasteiger partial charge in [0, 0.05) is 18.2 Å². The molecule has 57 heavy (non-hydrogen) atoms. The van der Waals surface area contributed by atoms with Gasteiger partial charge in [-0.25, -0.2) is 9.36 Å². The second-order valence-electron chi connectivity index (χ2n) is 13.3. The molecule has 3 heterocycles. The summed E-state index contributed by atoms with van der Waals surface area (Å²) in [5.74, 6) is 0.478. The minimum Gasteiger partial charge on any atom is -0.497 e. The Morgan fingerprint density at radius 2 is 1.49 bits per heavy atom. The van der Waals surface area contributed by atoms with E-state index in [1.165, 1.54) is 39.5 Å². The van der Waals surface area contributed by atoms with Gasteiger partial charge in [-0.3, -0.25) is 14.3 Å². The molecule has 6 aromatic rings. The fourth-order valence-electron chi connectivity index (χ4n) is 7.00. The second-order valence-corrected chi connectivity index (χ2v) is 13.3. The molecule has 0 unspecified atom stereocenters. The molecule has 1 aliphatic rings. The molecule has 0 bridgehead atoms. The van der Waals surface area contributed by atoms with E-state index in [9.17, 15) is 24.8 Å². The van der Waals surface area contributed by atoms with Crippen molar-refractivity contribution in [3.63, 3.8) is 0 Å². The van der Waals surface area contributed by atoms with Crippen molar-refractivity contribution >= 4 is 17.7 Å². The standard InChI is InChI=1S/C42H40N6O9/c1-45-32(25-43-40(45)48(52)53)26-47(39(50)28-10-6-4-7-11-28)37-22-23-46(41(51)44-37)38-24-35(49)36(57-38)27-56-42(29-12-8-5-9-13-29,30-14-18-33(54-2)19-15-30)31-16-20-34(55-3)21-17-31/h4-23,25,35-36,38,49H,24,26-27H2,1-3H3/t35-,36+,38+/m0/s1. The maximum atomic E-state index is 13.8. The number of aliphatic hydroxyl groups excluding tert-OH is 1. The van der Waals surface area contributed by atoms with E-state index in [-0.39, 0.29) is 25.4 Å². The van der Waals surface area contributed by atoms with Gasteiger partial charge in [-0.05, 0) is 64.1 Å². The predicted molar refractivity (Wildman–Crippen MR) is 208 cm³/mol. The third kappa shape index (κ3) is 7.76. The van der Waals surface area contributed by atoms with Gasteiger partial charge < -0.3 is 34.2 Å². The maximum Gasteiger partial charge on any atom is 0.434 e. The van der Waals surface area contributed by atoms with Crippen molar-refractivity contribution < 1.29 is 33.8 Å². The zero-order valence-corrected chi connectivity index (χ0v) is 31.4. The first-order valence-electron chi connectivity index (χ1n) is 18.1. The lowest BCUT2D eigenvalue weighted by atomic mass is 9.80. The molecule has 2 aromatic heterocycles. The quantitative estimate of drug-likeness (QED) is 0.0853. The summed E-state index contributed by atoms with van der Waals surface area (Å²) in [7, 11) is 4.67. The summed E-state index contributed by atoms with van der Waals surface area (Å²) in [6.45, 7) is -0.230. The summed E-state index contributed by atoms with van der Waals surface area (Å²) in [6, 6.07) is 34.7.